The lowest BCUT2D eigenvalue weighted by Crippen LogP contribution is -2.52. The number of piperidine rings is 1. The van der Waals surface area contributed by atoms with Gasteiger partial charge in [0.1, 0.15) is 28.7 Å². The van der Waals surface area contributed by atoms with Crippen LogP contribution in [0.4, 0.5) is 11.4 Å². The number of benzene rings is 3. The van der Waals surface area contributed by atoms with Crippen molar-refractivity contribution in [3.05, 3.63) is 116 Å². The number of aliphatic imine (C=N–C) groups is 1. The molecule has 1 saturated heterocycles. The smallest absolute Gasteiger partial charge is 0.258 e. The number of hydrogen-bond donors (Lipinski definition) is 3. The van der Waals surface area contributed by atoms with E-state index in [-0.39, 0.29) is 69.1 Å². The van der Waals surface area contributed by atoms with Gasteiger partial charge in [-0.2, -0.15) is 10.2 Å². The first-order valence-corrected chi connectivity index (χ1v) is 20.5. The molecular formula is C42H39ClN10O6S. The van der Waals surface area contributed by atoms with Crippen LogP contribution in [-0.2, 0) is 25.7 Å². The van der Waals surface area contributed by atoms with Crippen LogP contribution in [0.1, 0.15) is 74.4 Å². The molecule has 0 radical (unpaired) electrons. The minimum atomic E-state index is -0.726. The third-order valence-corrected chi connectivity index (χ3v) is 12.0. The first kappa shape index (κ1) is 40.2. The molecule has 5 heterocycles. The van der Waals surface area contributed by atoms with E-state index in [2.05, 4.69) is 50.2 Å². The normalized spacial score (nSPS) is 17.1. The molecule has 0 saturated carbocycles. The number of aryl methyl sites for hydroxylation is 2. The lowest BCUT2D eigenvalue weighted by molar-refractivity contribution is -0.137. The van der Waals surface area contributed by atoms with E-state index in [4.69, 9.17) is 21.3 Å². The Morgan fingerprint density at radius 2 is 1.70 bits per heavy atom. The molecule has 3 aromatic carbocycles. The summed E-state index contributed by atoms with van der Waals surface area (Å²) in [5, 5.41) is 27.0. The molecule has 3 aliphatic rings. The van der Waals surface area contributed by atoms with Gasteiger partial charge in [-0.05, 0) is 81.3 Å². The lowest BCUT2D eigenvalue weighted by Gasteiger charge is -2.29. The van der Waals surface area contributed by atoms with Crippen molar-refractivity contribution in [3.63, 3.8) is 0 Å². The summed E-state index contributed by atoms with van der Waals surface area (Å²) in [6.45, 7) is 6.33. The predicted molar refractivity (Wildman–Crippen MR) is 223 cm³/mol. The zero-order valence-corrected chi connectivity index (χ0v) is 34.4. The zero-order chi connectivity index (χ0) is 42.1. The molecule has 306 valence electrons. The van der Waals surface area contributed by atoms with Crippen molar-refractivity contribution in [2.75, 3.05) is 19.7 Å². The second kappa shape index (κ2) is 16.9. The van der Waals surface area contributed by atoms with Gasteiger partial charge in [0.2, 0.25) is 17.7 Å². The Kier molecular flexibility index (Phi) is 11.4. The van der Waals surface area contributed by atoms with Gasteiger partial charge in [-0.1, -0.05) is 29.8 Å². The lowest BCUT2D eigenvalue weighted by atomic mass is 9.99. The molecule has 1 fully saturated rings. The van der Waals surface area contributed by atoms with Crippen LogP contribution in [0, 0.1) is 20.8 Å². The van der Waals surface area contributed by atoms with E-state index < -0.39 is 18.0 Å². The molecular weight excluding hydrogens is 808 g/mol. The molecule has 3 aliphatic heterocycles. The van der Waals surface area contributed by atoms with Crippen molar-refractivity contribution in [1.82, 2.24) is 35.6 Å². The van der Waals surface area contributed by atoms with Crippen LogP contribution in [0.3, 0.4) is 0 Å². The first-order valence-electron chi connectivity index (χ1n) is 19.3. The van der Waals surface area contributed by atoms with Gasteiger partial charge in [0.05, 0.1) is 23.5 Å². The average Bonchev–Trinajstić information content (AvgIpc) is 3.85. The molecule has 2 aromatic heterocycles. The fourth-order valence-corrected chi connectivity index (χ4v) is 8.71. The van der Waals surface area contributed by atoms with Crippen molar-refractivity contribution in [1.29, 1.82) is 0 Å². The number of amides is 5. The van der Waals surface area contributed by atoms with Crippen LogP contribution in [0.15, 0.2) is 82.0 Å². The molecule has 0 aliphatic carbocycles. The number of nitrogens with one attached hydrogen (secondary N) is 3. The fourth-order valence-electron chi connectivity index (χ4n) is 7.37. The van der Waals surface area contributed by atoms with Gasteiger partial charge < -0.3 is 20.3 Å². The van der Waals surface area contributed by atoms with E-state index >= 15 is 0 Å². The van der Waals surface area contributed by atoms with Gasteiger partial charge in [0.25, 0.3) is 11.8 Å². The molecule has 8 rings (SSSR count). The number of carbonyl (C=O) groups is 5. The van der Waals surface area contributed by atoms with E-state index in [9.17, 15) is 24.0 Å². The van der Waals surface area contributed by atoms with E-state index in [0.717, 1.165) is 32.3 Å². The summed E-state index contributed by atoms with van der Waals surface area (Å²) >= 11 is 7.85. The Hall–Kier alpha value is -6.59. The minimum Gasteiger partial charge on any atom is -0.484 e. The molecule has 16 nitrogen and oxygen atoms in total. The minimum absolute atomic E-state index is 0.0190. The van der Waals surface area contributed by atoms with Gasteiger partial charge in [-0.15, -0.1) is 21.5 Å². The Bertz CT molecular complexity index is 2600. The average molecular weight is 847 g/mol. The summed E-state index contributed by atoms with van der Waals surface area (Å²) in [5.74, 6) is -0.0259. The Morgan fingerprint density at radius 3 is 2.45 bits per heavy atom. The van der Waals surface area contributed by atoms with Crippen molar-refractivity contribution < 1.29 is 28.7 Å². The van der Waals surface area contributed by atoms with E-state index in [1.807, 2.05) is 35.8 Å². The third-order valence-electron chi connectivity index (χ3n) is 10.5. The molecule has 5 aromatic rings. The van der Waals surface area contributed by atoms with Crippen LogP contribution in [0.25, 0.3) is 5.00 Å². The van der Waals surface area contributed by atoms with Gasteiger partial charge in [-0.3, -0.25) is 38.8 Å². The monoisotopic (exact) mass is 846 g/mol. The van der Waals surface area contributed by atoms with Crippen LogP contribution in [0.2, 0.25) is 5.02 Å². The number of carbonyl (C=O) groups excluding carboxylic acids is 5. The first-order chi connectivity index (χ1) is 28.9. The highest BCUT2D eigenvalue weighted by Crippen LogP contribution is 2.40. The Balaban J connectivity index is 0.822. The number of halogens is 1. The molecule has 18 heteroatoms. The summed E-state index contributed by atoms with van der Waals surface area (Å²) in [4.78, 5) is 70.8. The highest BCUT2D eigenvalue weighted by Gasteiger charge is 2.40. The number of thiophene rings is 1. The van der Waals surface area contributed by atoms with Gasteiger partial charge in [0, 0.05) is 58.2 Å². The van der Waals surface area contributed by atoms with E-state index in [1.54, 1.807) is 53.8 Å². The second-order valence-corrected chi connectivity index (χ2v) is 16.1. The summed E-state index contributed by atoms with van der Waals surface area (Å²) in [6.07, 6.45) is 0.457. The SMILES string of the molecule is Cc1sc2c(c1C)C(c1ccc(Cl)cc1)=N[C@@H](CC(=O)NCCNC(=O)COc1ccc(/N=N/c3cccc4c3CN(C3CCC(=O)NC3=O)C4=O)cc1)c1nnc(C)n1-2. The van der Waals surface area contributed by atoms with Gasteiger partial charge >= 0.3 is 0 Å². The van der Waals surface area contributed by atoms with Gasteiger partial charge in [0.15, 0.2) is 12.4 Å². The van der Waals surface area contributed by atoms with E-state index in [1.165, 1.54) is 4.90 Å². The van der Waals surface area contributed by atoms with Crippen LogP contribution in [-0.4, -0.2) is 80.7 Å². The molecule has 5 amide bonds. The van der Waals surface area contributed by atoms with Crippen LogP contribution in [0.5, 0.6) is 5.75 Å². The summed E-state index contributed by atoms with van der Waals surface area (Å²) in [6, 6.07) is 17.9. The largest absolute Gasteiger partial charge is 0.484 e. The fraction of sp³-hybridized carbons (Fsp3) is 0.286. The van der Waals surface area contributed by atoms with Crippen molar-refractivity contribution in [3.8, 4) is 10.8 Å². The summed E-state index contributed by atoms with van der Waals surface area (Å²) in [5.41, 5.74) is 5.82. The zero-order valence-electron chi connectivity index (χ0n) is 32.8. The van der Waals surface area contributed by atoms with Crippen molar-refractivity contribution in [2.24, 2.45) is 15.2 Å². The van der Waals surface area contributed by atoms with Crippen LogP contribution < -0.4 is 20.7 Å². The predicted octanol–water partition coefficient (Wildman–Crippen LogP) is 5.68. The highest BCUT2D eigenvalue weighted by atomic mass is 35.5. The standard InChI is InChI=1S/C42H39ClN10O6S/c1-22-23(2)60-42-37(22)38(25-7-9-26(43)10-8-25)46-32(39-51-48-24(3)53(39)42)19-35(55)44-17-18-45-36(56)21-59-28-13-11-27(12-14-28)49-50-31-6-4-5-29-30(31)20-52(41(29)58)33-15-16-34(54)47-40(33)57/h4-14,32-33H,15-21H2,1-3H3,(H,44,55)(H,45,56)(H,47,54,57)/b50-49+/t32-,33?/m0/s1. The topological polar surface area (TPSA) is 202 Å². The number of hydrogen-bond acceptors (Lipinski definition) is 12. The maximum Gasteiger partial charge on any atom is 0.258 e. The van der Waals surface area contributed by atoms with Gasteiger partial charge in [-0.25, -0.2) is 0 Å². The van der Waals surface area contributed by atoms with Crippen molar-refractivity contribution >= 4 is 69.6 Å². The van der Waals surface area contributed by atoms with E-state index in [0.29, 0.717) is 44.9 Å². The summed E-state index contributed by atoms with van der Waals surface area (Å²) < 4.78 is 7.64. The summed E-state index contributed by atoms with van der Waals surface area (Å²) in [7, 11) is 0. The van der Waals surface area contributed by atoms with Crippen LogP contribution >= 0.6 is 22.9 Å². The molecule has 0 bridgehead atoms. The number of rotatable bonds is 12. The Labute approximate surface area is 353 Å². The number of nitrogens with zero attached hydrogens (tertiary/aromatic N) is 7. The molecule has 2 atom stereocenters. The maximum absolute atomic E-state index is 13.3. The highest BCUT2D eigenvalue weighted by molar-refractivity contribution is 7.15. The third kappa shape index (κ3) is 8.18. The Morgan fingerprint density at radius 1 is 0.950 bits per heavy atom. The maximum atomic E-state index is 13.3. The van der Waals surface area contributed by atoms with Crippen molar-refractivity contribution in [2.45, 2.75) is 58.7 Å². The molecule has 1 unspecified atom stereocenters. The number of imide groups is 1. The number of ether oxygens (including phenoxy) is 1. The second-order valence-electron chi connectivity index (χ2n) is 14.5. The number of fused-ring (bicyclic) bond motifs is 4. The number of aromatic nitrogens is 3. The molecule has 0 spiro atoms. The molecule has 3 N–H and O–H groups in total. The molecule has 60 heavy (non-hydrogen) atoms. The quantitative estimate of drug-likeness (QED) is 0.0809. The number of azo groups is 1.